The van der Waals surface area contributed by atoms with Crippen molar-refractivity contribution in [3.05, 3.63) is 30.1 Å². The number of rotatable bonds is 2. The summed E-state index contributed by atoms with van der Waals surface area (Å²) in [7, 11) is 2.17. The van der Waals surface area contributed by atoms with Crippen molar-refractivity contribution in [2.24, 2.45) is 0 Å². The van der Waals surface area contributed by atoms with Crippen molar-refractivity contribution in [1.29, 1.82) is 0 Å². The molecule has 86 valence electrons. The molecule has 1 aromatic heterocycles. The van der Waals surface area contributed by atoms with Crippen LogP contribution in [-0.4, -0.2) is 43.1 Å². The molecule has 2 rings (SSSR count). The fourth-order valence-electron chi connectivity index (χ4n) is 1.92. The highest BCUT2D eigenvalue weighted by atomic mass is 15.2. The van der Waals surface area contributed by atoms with E-state index in [1.165, 1.54) is 5.69 Å². The molecule has 1 aliphatic heterocycles. The first-order chi connectivity index (χ1) is 7.79. The minimum atomic E-state index is 1.03. The smallest absolute Gasteiger partial charge is 0.0628 e. The zero-order chi connectivity index (χ0) is 11.4. The zero-order valence-electron chi connectivity index (χ0n) is 10.1. The van der Waals surface area contributed by atoms with Gasteiger partial charge in [0.25, 0.3) is 0 Å². The van der Waals surface area contributed by atoms with Crippen LogP contribution in [-0.2, 0) is 0 Å². The van der Waals surface area contributed by atoms with Gasteiger partial charge >= 0.3 is 0 Å². The van der Waals surface area contributed by atoms with Gasteiger partial charge in [0.2, 0.25) is 0 Å². The molecule has 1 saturated heterocycles. The largest absolute Gasteiger partial charge is 0.368 e. The SMILES string of the molecule is C/C=C/c1ccc(N2CCN(C)CC2)cn1. The first kappa shape index (κ1) is 11.1. The van der Waals surface area contributed by atoms with E-state index in [1.807, 2.05) is 25.3 Å². The molecule has 0 saturated carbocycles. The van der Waals surface area contributed by atoms with Crippen LogP contribution in [0, 0.1) is 0 Å². The highest BCUT2D eigenvalue weighted by molar-refractivity contribution is 5.51. The molecule has 0 unspecified atom stereocenters. The van der Waals surface area contributed by atoms with Gasteiger partial charge in [0.1, 0.15) is 0 Å². The van der Waals surface area contributed by atoms with E-state index in [4.69, 9.17) is 0 Å². The van der Waals surface area contributed by atoms with Crippen LogP contribution < -0.4 is 4.90 Å². The number of pyridine rings is 1. The number of hydrogen-bond acceptors (Lipinski definition) is 3. The summed E-state index contributed by atoms with van der Waals surface area (Å²) < 4.78 is 0. The summed E-state index contributed by atoms with van der Waals surface area (Å²) in [6, 6.07) is 4.24. The molecule has 0 aromatic carbocycles. The number of likely N-dealkylation sites (N-methyl/N-ethyl adjacent to an activating group) is 1. The van der Waals surface area contributed by atoms with E-state index in [9.17, 15) is 0 Å². The predicted octanol–water partition coefficient (Wildman–Crippen LogP) is 1.87. The molecule has 3 nitrogen and oxygen atoms in total. The van der Waals surface area contributed by atoms with Crippen LogP contribution in [0.4, 0.5) is 5.69 Å². The third-order valence-electron chi connectivity index (χ3n) is 2.98. The Morgan fingerprint density at radius 2 is 1.94 bits per heavy atom. The Bertz CT molecular complexity index is 348. The minimum absolute atomic E-state index is 1.03. The van der Waals surface area contributed by atoms with Gasteiger partial charge in [-0.25, -0.2) is 0 Å². The molecule has 0 radical (unpaired) electrons. The standard InChI is InChI=1S/C13H19N3/c1-3-4-12-5-6-13(11-14-12)16-9-7-15(2)8-10-16/h3-6,11H,7-10H2,1-2H3/b4-3+. The van der Waals surface area contributed by atoms with E-state index in [-0.39, 0.29) is 0 Å². The van der Waals surface area contributed by atoms with Gasteiger partial charge in [-0.15, -0.1) is 0 Å². The number of nitrogens with zero attached hydrogens (tertiary/aromatic N) is 3. The van der Waals surface area contributed by atoms with Crippen LogP contribution in [0.1, 0.15) is 12.6 Å². The molecule has 0 N–H and O–H groups in total. The summed E-state index contributed by atoms with van der Waals surface area (Å²) in [4.78, 5) is 9.18. The van der Waals surface area contributed by atoms with Gasteiger partial charge in [-0.3, -0.25) is 4.98 Å². The van der Waals surface area contributed by atoms with Crippen molar-refractivity contribution in [3.8, 4) is 0 Å². The van der Waals surface area contributed by atoms with E-state index >= 15 is 0 Å². The van der Waals surface area contributed by atoms with Crippen molar-refractivity contribution in [2.75, 3.05) is 38.1 Å². The second-order valence-electron chi connectivity index (χ2n) is 4.23. The molecule has 0 aliphatic carbocycles. The lowest BCUT2D eigenvalue weighted by Gasteiger charge is -2.33. The lowest BCUT2D eigenvalue weighted by Crippen LogP contribution is -2.44. The van der Waals surface area contributed by atoms with E-state index in [2.05, 4.69) is 34.0 Å². The van der Waals surface area contributed by atoms with Crippen LogP contribution >= 0.6 is 0 Å². The molecular formula is C13H19N3. The maximum Gasteiger partial charge on any atom is 0.0628 e. The van der Waals surface area contributed by atoms with Crippen LogP contribution in [0.5, 0.6) is 0 Å². The Morgan fingerprint density at radius 1 is 1.19 bits per heavy atom. The molecule has 0 amide bonds. The fourth-order valence-corrected chi connectivity index (χ4v) is 1.92. The van der Waals surface area contributed by atoms with Gasteiger partial charge in [0, 0.05) is 26.2 Å². The number of hydrogen-bond donors (Lipinski definition) is 0. The normalized spacial score (nSPS) is 18.2. The monoisotopic (exact) mass is 217 g/mol. The van der Waals surface area contributed by atoms with Gasteiger partial charge in [0.05, 0.1) is 17.6 Å². The molecule has 0 spiro atoms. The Labute approximate surface area is 97.4 Å². The third-order valence-corrected chi connectivity index (χ3v) is 2.98. The molecule has 1 aromatic rings. The quantitative estimate of drug-likeness (QED) is 0.754. The molecule has 16 heavy (non-hydrogen) atoms. The Balaban J connectivity index is 2.04. The predicted molar refractivity (Wildman–Crippen MR) is 68.7 cm³/mol. The first-order valence-corrected chi connectivity index (χ1v) is 5.82. The Morgan fingerprint density at radius 3 is 2.50 bits per heavy atom. The summed E-state index contributed by atoms with van der Waals surface area (Å²) in [5, 5.41) is 0. The van der Waals surface area contributed by atoms with Crippen LogP contribution in [0.3, 0.4) is 0 Å². The van der Waals surface area contributed by atoms with Gasteiger partial charge in [-0.2, -0.15) is 0 Å². The molecule has 0 atom stereocenters. The number of aromatic nitrogens is 1. The van der Waals surface area contributed by atoms with Crippen molar-refractivity contribution >= 4 is 11.8 Å². The number of piperazine rings is 1. The van der Waals surface area contributed by atoms with Crippen molar-refractivity contribution < 1.29 is 0 Å². The Kier molecular flexibility index (Phi) is 3.57. The van der Waals surface area contributed by atoms with E-state index < -0.39 is 0 Å². The van der Waals surface area contributed by atoms with Crippen molar-refractivity contribution in [3.63, 3.8) is 0 Å². The third kappa shape index (κ3) is 2.61. The summed E-state index contributed by atoms with van der Waals surface area (Å²) in [5.74, 6) is 0. The number of anilines is 1. The molecule has 1 aliphatic rings. The van der Waals surface area contributed by atoms with E-state index in [1.54, 1.807) is 0 Å². The molecule has 1 fully saturated rings. The summed E-state index contributed by atoms with van der Waals surface area (Å²) in [6.45, 7) is 6.48. The molecule has 0 bridgehead atoms. The average Bonchev–Trinajstić information content (AvgIpc) is 2.32. The van der Waals surface area contributed by atoms with Gasteiger partial charge in [-0.05, 0) is 32.2 Å². The second-order valence-corrected chi connectivity index (χ2v) is 4.23. The van der Waals surface area contributed by atoms with Gasteiger partial charge in [0.15, 0.2) is 0 Å². The van der Waals surface area contributed by atoms with Crippen molar-refractivity contribution in [2.45, 2.75) is 6.92 Å². The molecule has 3 heteroatoms. The topological polar surface area (TPSA) is 19.4 Å². The van der Waals surface area contributed by atoms with Crippen LogP contribution in [0.15, 0.2) is 24.4 Å². The van der Waals surface area contributed by atoms with Crippen LogP contribution in [0.2, 0.25) is 0 Å². The zero-order valence-corrected chi connectivity index (χ0v) is 10.1. The fraction of sp³-hybridized carbons (Fsp3) is 0.462. The second kappa shape index (κ2) is 5.12. The number of allylic oxidation sites excluding steroid dienone is 1. The van der Waals surface area contributed by atoms with Crippen LogP contribution in [0.25, 0.3) is 6.08 Å². The Hall–Kier alpha value is -1.35. The van der Waals surface area contributed by atoms with Gasteiger partial charge in [-0.1, -0.05) is 6.08 Å². The maximum atomic E-state index is 4.42. The average molecular weight is 217 g/mol. The first-order valence-electron chi connectivity index (χ1n) is 5.82. The minimum Gasteiger partial charge on any atom is -0.368 e. The van der Waals surface area contributed by atoms with E-state index in [0.29, 0.717) is 0 Å². The molecule has 2 heterocycles. The maximum absolute atomic E-state index is 4.42. The summed E-state index contributed by atoms with van der Waals surface area (Å²) >= 11 is 0. The lowest BCUT2D eigenvalue weighted by atomic mass is 10.2. The lowest BCUT2D eigenvalue weighted by molar-refractivity contribution is 0.313. The highest BCUT2D eigenvalue weighted by Crippen LogP contribution is 2.15. The summed E-state index contributed by atoms with van der Waals surface area (Å²) in [6.07, 6.45) is 6.01. The molecular weight excluding hydrogens is 198 g/mol. The van der Waals surface area contributed by atoms with E-state index in [0.717, 1.165) is 31.9 Å². The van der Waals surface area contributed by atoms with Gasteiger partial charge < -0.3 is 9.80 Å². The summed E-state index contributed by atoms with van der Waals surface area (Å²) in [5.41, 5.74) is 2.27. The highest BCUT2D eigenvalue weighted by Gasteiger charge is 2.13. The van der Waals surface area contributed by atoms with Crippen molar-refractivity contribution in [1.82, 2.24) is 9.88 Å².